The molecule has 8 heteroatoms. The number of nitrogens with one attached hydrogen (secondary N) is 2. The molecule has 0 aromatic heterocycles. The molecule has 2 N–H and O–H groups in total. The first-order valence-electron chi connectivity index (χ1n) is 11.3. The van der Waals surface area contributed by atoms with Crippen LogP contribution in [0.15, 0.2) is 48.5 Å². The Hall–Kier alpha value is -3.68. The molecular weight excluding hydrogens is 420 g/mol. The molecule has 2 aromatic rings. The highest BCUT2D eigenvalue weighted by atomic mass is 16.2. The number of nitrogens with zero attached hydrogens (tertiary/aromatic N) is 2. The number of urea groups is 1. The van der Waals surface area contributed by atoms with Crippen LogP contribution in [0.4, 0.5) is 10.5 Å². The maximum Gasteiger partial charge on any atom is 0.325 e. The molecular formula is C25H28N4O4. The number of rotatable bonds is 6. The van der Waals surface area contributed by atoms with E-state index in [1.54, 1.807) is 29.2 Å². The molecule has 0 radical (unpaired) electrons. The first-order chi connectivity index (χ1) is 15.9. The molecule has 2 aromatic carbocycles. The third-order valence-corrected chi connectivity index (χ3v) is 6.42. The molecule has 1 atom stereocenters. The monoisotopic (exact) mass is 448 g/mol. The molecule has 0 bridgehead atoms. The lowest BCUT2D eigenvalue weighted by Crippen LogP contribution is -2.51. The third-order valence-electron chi connectivity index (χ3n) is 6.42. The number of carbonyl (C=O) groups excluding carboxylic acids is 4. The van der Waals surface area contributed by atoms with Crippen LogP contribution < -0.4 is 10.6 Å². The van der Waals surface area contributed by atoms with Crippen LogP contribution >= 0.6 is 0 Å². The van der Waals surface area contributed by atoms with Crippen molar-refractivity contribution in [3.63, 3.8) is 0 Å². The second-order valence-electron chi connectivity index (χ2n) is 8.46. The Balaban J connectivity index is 1.43. The van der Waals surface area contributed by atoms with Gasteiger partial charge in [-0.2, -0.15) is 0 Å². The number of imide groups is 1. The highest BCUT2D eigenvalue weighted by Crippen LogP contribution is 2.33. The fourth-order valence-electron chi connectivity index (χ4n) is 4.61. The highest BCUT2D eigenvalue weighted by Gasteiger charge is 2.52. The van der Waals surface area contributed by atoms with Crippen molar-refractivity contribution in [2.45, 2.75) is 38.6 Å². The van der Waals surface area contributed by atoms with E-state index in [1.807, 2.05) is 38.1 Å². The third kappa shape index (κ3) is 4.33. The van der Waals surface area contributed by atoms with Gasteiger partial charge in [0.15, 0.2) is 0 Å². The number of benzene rings is 2. The number of hydrogen-bond acceptors (Lipinski definition) is 4. The number of anilines is 1. The molecule has 1 saturated heterocycles. The zero-order chi connectivity index (χ0) is 23.6. The molecule has 172 valence electrons. The molecule has 1 heterocycles. The predicted molar refractivity (Wildman–Crippen MR) is 124 cm³/mol. The van der Waals surface area contributed by atoms with Gasteiger partial charge in [-0.25, -0.2) is 4.79 Å². The van der Waals surface area contributed by atoms with Crippen LogP contribution in [0.25, 0.3) is 0 Å². The smallest absolute Gasteiger partial charge is 0.325 e. The highest BCUT2D eigenvalue weighted by molar-refractivity contribution is 6.10. The summed E-state index contributed by atoms with van der Waals surface area (Å²) >= 11 is 0. The van der Waals surface area contributed by atoms with Gasteiger partial charge < -0.3 is 15.5 Å². The van der Waals surface area contributed by atoms with Crippen molar-refractivity contribution in [3.8, 4) is 0 Å². The van der Waals surface area contributed by atoms with Gasteiger partial charge in [0.1, 0.15) is 12.1 Å². The molecule has 1 spiro atoms. The summed E-state index contributed by atoms with van der Waals surface area (Å²) in [5.41, 5.74) is 2.12. The minimum Gasteiger partial charge on any atom is -0.339 e. The molecule has 1 fully saturated rings. The SMILES string of the molecule is CCN(CC)C(=O)c1cccc(NC(=O)CN2C(=O)NC3(CCc4ccccc4C3)C2=O)c1. The van der Waals surface area contributed by atoms with Crippen LogP contribution in [0.3, 0.4) is 0 Å². The zero-order valence-electron chi connectivity index (χ0n) is 18.9. The van der Waals surface area contributed by atoms with E-state index < -0.39 is 17.5 Å². The molecule has 1 aliphatic carbocycles. The van der Waals surface area contributed by atoms with Crippen LogP contribution in [0.5, 0.6) is 0 Å². The topological polar surface area (TPSA) is 98.8 Å². The lowest BCUT2D eigenvalue weighted by Gasteiger charge is -2.32. The van der Waals surface area contributed by atoms with E-state index in [0.717, 1.165) is 10.5 Å². The van der Waals surface area contributed by atoms with Gasteiger partial charge in [0, 0.05) is 30.8 Å². The van der Waals surface area contributed by atoms with E-state index in [0.29, 0.717) is 43.6 Å². The Labute approximate surface area is 192 Å². The summed E-state index contributed by atoms with van der Waals surface area (Å²) in [6.45, 7) is 4.60. The predicted octanol–water partition coefficient (Wildman–Crippen LogP) is 2.59. The number of aryl methyl sites for hydroxylation is 1. The first kappa shape index (κ1) is 22.5. The average Bonchev–Trinajstić information content (AvgIpc) is 3.03. The van der Waals surface area contributed by atoms with Gasteiger partial charge in [-0.15, -0.1) is 0 Å². The van der Waals surface area contributed by atoms with Gasteiger partial charge in [-0.3, -0.25) is 19.3 Å². The van der Waals surface area contributed by atoms with Crippen molar-refractivity contribution in [2.24, 2.45) is 0 Å². The number of hydrogen-bond donors (Lipinski definition) is 2. The van der Waals surface area contributed by atoms with Crippen LogP contribution in [0, 0.1) is 0 Å². The molecule has 4 rings (SSSR count). The van der Waals surface area contributed by atoms with Crippen molar-refractivity contribution in [1.29, 1.82) is 0 Å². The fourth-order valence-corrected chi connectivity index (χ4v) is 4.61. The molecule has 1 aliphatic heterocycles. The fraction of sp³-hybridized carbons (Fsp3) is 0.360. The van der Waals surface area contributed by atoms with Gasteiger partial charge in [0.05, 0.1) is 0 Å². The summed E-state index contributed by atoms with van der Waals surface area (Å²) in [4.78, 5) is 53.7. The normalized spacial score (nSPS) is 19.3. The molecule has 1 unspecified atom stereocenters. The van der Waals surface area contributed by atoms with Crippen molar-refractivity contribution >= 4 is 29.4 Å². The minimum absolute atomic E-state index is 0.121. The molecule has 0 saturated carbocycles. The molecule has 8 nitrogen and oxygen atoms in total. The Kier molecular flexibility index (Phi) is 6.18. The lowest BCUT2D eigenvalue weighted by atomic mass is 9.78. The van der Waals surface area contributed by atoms with Gasteiger partial charge in [-0.05, 0) is 56.0 Å². The van der Waals surface area contributed by atoms with E-state index in [1.165, 1.54) is 5.56 Å². The second-order valence-corrected chi connectivity index (χ2v) is 8.46. The minimum atomic E-state index is -0.998. The van der Waals surface area contributed by atoms with Crippen molar-refractivity contribution in [1.82, 2.24) is 15.1 Å². The van der Waals surface area contributed by atoms with Crippen LogP contribution in [-0.4, -0.2) is 58.7 Å². The maximum absolute atomic E-state index is 13.2. The van der Waals surface area contributed by atoms with E-state index >= 15 is 0 Å². The summed E-state index contributed by atoms with van der Waals surface area (Å²) in [6, 6.07) is 14.0. The number of fused-ring (bicyclic) bond motifs is 1. The van der Waals surface area contributed by atoms with Crippen LogP contribution in [-0.2, 0) is 22.4 Å². The van der Waals surface area contributed by atoms with Crippen LogP contribution in [0.1, 0.15) is 41.8 Å². The van der Waals surface area contributed by atoms with Gasteiger partial charge in [-0.1, -0.05) is 30.3 Å². The van der Waals surface area contributed by atoms with Gasteiger partial charge in [0.2, 0.25) is 5.91 Å². The van der Waals surface area contributed by atoms with E-state index in [-0.39, 0.29) is 18.4 Å². The summed E-state index contributed by atoms with van der Waals surface area (Å²) < 4.78 is 0. The Morgan fingerprint density at radius 3 is 2.52 bits per heavy atom. The summed E-state index contributed by atoms with van der Waals surface area (Å²) in [5, 5.41) is 5.54. The summed E-state index contributed by atoms with van der Waals surface area (Å²) in [6.07, 6.45) is 1.61. The quantitative estimate of drug-likeness (QED) is 0.664. The maximum atomic E-state index is 13.2. The van der Waals surface area contributed by atoms with E-state index in [4.69, 9.17) is 0 Å². The number of carbonyl (C=O) groups is 4. The largest absolute Gasteiger partial charge is 0.339 e. The van der Waals surface area contributed by atoms with Crippen molar-refractivity contribution in [2.75, 3.05) is 25.0 Å². The van der Waals surface area contributed by atoms with Crippen LogP contribution in [0.2, 0.25) is 0 Å². The van der Waals surface area contributed by atoms with Crippen molar-refractivity contribution < 1.29 is 19.2 Å². The Bertz CT molecular complexity index is 1110. The van der Waals surface area contributed by atoms with Gasteiger partial charge in [0.25, 0.3) is 11.8 Å². The van der Waals surface area contributed by atoms with E-state index in [2.05, 4.69) is 10.6 Å². The summed E-state index contributed by atoms with van der Waals surface area (Å²) in [5.74, 6) is -0.994. The van der Waals surface area contributed by atoms with Crippen molar-refractivity contribution in [3.05, 3.63) is 65.2 Å². The first-order valence-corrected chi connectivity index (χ1v) is 11.3. The molecule has 33 heavy (non-hydrogen) atoms. The van der Waals surface area contributed by atoms with E-state index in [9.17, 15) is 19.2 Å². The van der Waals surface area contributed by atoms with Gasteiger partial charge >= 0.3 is 6.03 Å². The summed E-state index contributed by atoms with van der Waals surface area (Å²) in [7, 11) is 0. The zero-order valence-corrected chi connectivity index (χ0v) is 18.9. The lowest BCUT2D eigenvalue weighted by molar-refractivity contribution is -0.134. The Morgan fingerprint density at radius 2 is 1.79 bits per heavy atom. The number of amides is 5. The average molecular weight is 449 g/mol. The standard InChI is InChI=1S/C25H28N4O4/c1-3-28(4-2)22(31)18-10-7-11-20(14-18)26-21(30)16-29-23(32)25(27-24(29)33)13-12-17-8-5-6-9-19(17)15-25/h5-11,14H,3-4,12-13,15-16H2,1-2H3,(H,26,30)(H,27,33). The molecule has 2 aliphatic rings. The Morgan fingerprint density at radius 1 is 1.06 bits per heavy atom. The molecule has 5 amide bonds. The second kappa shape index (κ2) is 9.05.